The largest absolute Gasteiger partial charge is 0.354 e. The Balaban J connectivity index is 1.79. The molecule has 0 unspecified atom stereocenters. The van der Waals surface area contributed by atoms with Crippen molar-refractivity contribution in [3.05, 3.63) is 29.8 Å². The van der Waals surface area contributed by atoms with Gasteiger partial charge in [0.1, 0.15) is 0 Å². The fourth-order valence-corrected chi connectivity index (χ4v) is 2.89. The molecule has 116 valence electrons. The van der Waals surface area contributed by atoms with E-state index in [9.17, 15) is 13.2 Å². The van der Waals surface area contributed by atoms with Gasteiger partial charge in [-0.05, 0) is 43.5 Å². The second-order valence-electron chi connectivity index (χ2n) is 5.23. The van der Waals surface area contributed by atoms with Crippen LogP contribution in [0.5, 0.6) is 0 Å². The van der Waals surface area contributed by atoms with Gasteiger partial charge in [0.05, 0.1) is 10.9 Å². The number of rotatable bonds is 5. The maximum atomic E-state index is 11.9. The molecule has 7 heteroatoms. The number of nitrogens with two attached hydrogens (primary N) is 1. The molecule has 0 aliphatic carbocycles. The summed E-state index contributed by atoms with van der Waals surface area (Å²) < 4.78 is 22.3. The lowest BCUT2D eigenvalue weighted by Gasteiger charge is -2.22. The van der Waals surface area contributed by atoms with Crippen LogP contribution in [0.15, 0.2) is 29.2 Å². The van der Waals surface area contributed by atoms with E-state index < -0.39 is 10.0 Å². The average Bonchev–Trinajstić information content (AvgIpc) is 2.47. The third-order valence-electron chi connectivity index (χ3n) is 3.59. The maximum Gasteiger partial charge on any atom is 0.238 e. The molecule has 1 aromatic carbocycles. The van der Waals surface area contributed by atoms with Crippen LogP contribution in [0.4, 0.5) is 0 Å². The smallest absolute Gasteiger partial charge is 0.238 e. The number of benzene rings is 1. The summed E-state index contributed by atoms with van der Waals surface area (Å²) in [5.74, 6) is 0.0378. The number of hydrogen-bond donors (Lipinski definition) is 3. The monoisotopic (exact) mass is 311 g/mol. The zero-order valence-electron chi connectivity index (χ0n) is 11.8. The Bertz CT molecular complexity index is 578. The molecule has 1 amide bonds. The van der Waals surface area contributed by atoms with Crippen LogP contribution in [-0.2, 0) is 21.2 Å². The summed E-state index contributed by atoms with van der Waals surface area (Å²) in [5, 5.41) is 11.1. The number of amides is 1. The lowest BCUT2D eigenvalue weighted by molar-refractivity contribution is -0.123. The summed E-state index contributed by atoms with van der Waals surface area (Å²) in [6, 6.07) is 6.31. The van der Waals surface area contributed by atoms with Gasteiger partial charge in [0.15, 0.2) is 0 Å². The number of sulfonamides is 1. The number of carbonyl (C=O) groups excluding carboxylic acids is 1. The molecule has 0 radical (unpaired) electrons. The first kappa shape index (κ1) is 15.9. The van der Waals surface area contributed by atoms with Crippen molar-refractivity contribution in [2.24, 2.45) is 5.14 Å². The van der Waals surface area contributed by atoms with Crippen molar-refractivity contribution in [1.82, 2.24) is 10.6 Å². The fourth-order valence-electron chi connectivity index (χ4n) is 2.37. The molecule has 0 saturated carbocycles. The number of primary sulfonamides is 1. The van der Waals surface area contributed by atoms with Crippen molar-refractivity contribution in [3.63, 3.8) is 0 Å². The van der Waals surface area contributed by atoms with Gasteiger partial charge in [-0.25, -0.2) is 13.6 Å². The first-order chi connectivity index (χ1) is 9.97. The van der Waals surface area contributed by atoms with Gasteiger partial charge in [-0.15, -0.1) is 0 Å². The van der Waals surface area contributed by atoms with E-state index in [0.29, 0.717) is 13.0 Å². The highest BCUT2D eigenvalue weighted by Crippen LogP contribution is 2.09. The van der Waals surface area contributed by atoms with E-state index in [4.69, 9.17) is 5.14 Å². The molecular formula is C14H21N3O3S. The van der Waals surface area contributed by atoms with Crippen molar-refractivity contribution < 1.29 is 13.2 Å². The van der Waals surface area contributed by atoms with Gasteiger partial charge in [-0.1, -0.05) is 18.6 Å². The van der Waals surface area contributed by atoms with E-state index in [1.165, 1.54) is 12.1 Å². The van der Waals surface area contributed by atoms with E-state index in [2.05, 4.69) is 10.6 Å². The van der Waals surface area contributed by atoms with Crippen LogP contribution < -0.4 is 15.8 Å². The second kappa shape index (κ2) is 7.02. The van der Waals surface area contributed by atoms with Crippen LogP contribution in [0.2, 0.25) is 0 Å². The molecule has 1 atom stereocenters. The zero-order chi connectivity index (χ0) is 15.3. The van der Waals surface area contributed by atoms with Crippen molar-refractivity contribution in [3.8, 4) is 0 Å². The highest BCUT2D eigenvalue weighted by Gasteiger charge is 2.19. The molecule has 6 nitrogen and oxygen atoms in total. The molecule has 1 heterocycles. The molecule has 0 aromatic heterocycles. The van der Waals surface area contributed by atoms with E-state index in [-0.39, 0.29) is 16.8 Å². The van der Waals surface area contributed by atoms with E-state index in [1.54, 1.807) is 12.1 Å². The Morgan fingerprint density at radius 2 is 2.00 bits per heavy atom. The summed E-state index contributed by atoms with van der Waals surface area (Å²) in [6.45, 7) is 1.43. The first-order valence-electron chi connectivity index (χ1n) is 7.09. The topological polar surface area (TPSA) is 101 Å². The lowest BCUT2D eigenvalue weighted by atomic mass is 10.0. The SMILES string of the molecule is NS(=O)(=O)c1ccc(CCNC(=O)[C@H]2CCCCN2)cc1. The van der Waals surface area contributed by atoms with Crippen molar-refractivity contribution in [2.75, 3.05) is 13.1 Å². The molecule has 21 heavy (non-hydrogen) atoms. The highest BCUT2D eigenvalue weighted by atomic mass is 32.2. The number of hydrogen-bond acceptors (Lipinski definition) is 4. The lowest BCUT2D eigenvalue weighted by Crippen LogP contribution is -2.47. The number of nitrogens with one attached hydrogen (secondary N) is 2. The molecule has 4 N–H and O–H groups in total. The minimum absolute atomic E-state index is 0.0378. The summed E-state index contributed by atoms with van der Waals surface area (Å²) in [5.41, 5.74) is 0.958. The van der Waals surface area contributed by atoms with Crippen molar-refractivity contribution >= 4 is 15.9 Å². The van der Waals surface area contributed by atoms with E-state index >= 15 is 0 Å². The molecule has 2 rings (SSSR count). The molecule has 1 aliphatic heterocycles. The standard InChI is InChI=1S/C14H21N3O3S/c15-21(19,20)12-6-4-11(5-7-12)8-10-17-14(18)13-3-1-2-9-16-13/h4-7,13,16H,1-3,8-10H2,(H,17,18)(H2,15,19,20)/t13-/m1/s1. The second-order valence-corrected chi connectivity index (χ2v) is 6.79. The van der Waals surface area contributed by atoms with Gasteiger partial charge in [-0.2, -0.15) is 0 Å². The predicted octanol–water partition coefficient (Wildman–Crippen LogP) is 0.135. The van der Waals surface area contributed by atoms with Crippen LogP contribution in [0.3, 0.4) is 0 Å². The van der Waals surface area contributed by atoms with Gasteiger partial charge in [0.25, 0.3) is 0 Å². The van der Waals surface area contributed by atoms with E-state index in [0.717, 1.165) is 31.4 Å². The Hall–Kier alpha value is -1.44. The fraction of sp³-hybridized carbons (Fsp3) is 0.500. The summed E-state index contributed by atoms with van der Waals surface area (Å²) in [4.78, 5) is 12.0. The molecule has 1 fully saturated rings. The van der Waals surface area contributed by atoms with Gasteiger partial charge in [0, 0.05) is 6.54 Å². The van der Waals surface area contributed by atoms with Crippen LogP contribution in [0.1, 0.15) is 24.8 Å². The Labute approximate surface area is 125 Å². The summed E-state index contributed by atoms with van der Waals surface area (Å²) in [6.07, 6.45) is 3.75. The van der Waals surface area contributed by atoms with Gasteiger partial charge in [0.2, 0.25) is 15.9 Å². The molecule has 1 saturated heterocycles. The van der Waals surface area contributed by atoms with Gasteiger partial charge in [-0.3, -0.25) is 4.79 Å². The third-order valence-corrected chi connectivity index (χ3v) is 4.52. The maximum absolute atomic E-state index is 11.9. The quantitative estimate of drug-likeness (QED) is 0.719. The minimum Gasteiger partial charge on any atom is -0.354 e. The third kappa shape index (κ3) is 4.80. The average molecular weight is 311 g/mol. The van der Waals surface area contributed by atoms with E-state index in [1.807, 2.05) is 0 Å². The normalized spacial score (nSPS) is 19.2. The highest BCUT2D eigenvalue weighted by molar-refractivity contribution is 7.89. The molecular weight excluding hydrogens is 290 g/mol. The first-order valence-corrected chi connectivity index (χ1v) is 8.64. The molecule has 0 bridgehead atoms. The predicted molar refractivity (Wildman–Crippen MR) is 80.2 cm³/mol. The Morgan fingerprint density at radius 3 is 2.57 bits per heavy atom. The van der Waals surface area contributed by atoms with Gasteiger partial charge < -0.3 is 10.6 Å². The van der Waals surface area contributed by atoms with Crippen LogP contribution in [0.25, 0.3) is 0 Å². The zero-order valence-corrected chi connectivity index (χ0v) is 12.7. The molecule has 0 spiro atoms. The minimum atomic E-state index is -3.65. The summed E-state index contributed by atoms with van der Waals surface area (Å²) >= 11 is 0. The number of carbonyl (C=O) groups is 1. The van der Waals surface area contributed by atoms with Crippen molar-refractivity contribution in [1.29, 1.82) is 0 Å². The van der Waals surface area contributed by atoms with Crippen molar-refractivity contribution in [2.45, 2.75) is 36.6 Å². The number of piperidine rings is 1. The van der Waals surface area contributed by atoms with Crippen LogP contribution >= 0.6 is 0 Å². The van der Waals surface area contributed by atoms with Gasteiger partial charge >= 0.3 is 0 Å². The van der Waals surface area contributed by atoms with Crippen LogP contribution in [-0.4, -0.2) is 33.5 Å². The molecule has 1 aromatic rings. The Kier molecular flexibility index (Phi) is 5.33. The van der Waals surface area contributed by atoms with Crippen LogP contribution in [0, 0.1) is 0 Å². The molecule has 1 aliphatic rings. The Morgan fingerprint density at radius 1 is 1.29 bits per heavy atom. The summed E-state index contributed by atoms with van der Waals surface area (Å²) in [7, 11) is -3.65.